The van der Waals surface area contributed by atoms with Gasteiger partial charge >= 0.3 is 0 Å². The van der Waals surface area contributed by atoms with Crippen molar-refractivity contribution in [1.29, 1.82) is 0 Å². The Balaban J connectivity index is 3.35. The zero-order valence-corrected chi connectivity index (χ0v) is 10.7. The summed E-state index contributed by atoms with van der Waals surface area (Å²) in [6.07, 6.45) is 1.73. The topological polar surface area (TPSA) is 38.3 Å². The first-order valence-corrected chi connectivity index (χ1v) is 6.62. The van der Waals surface area contributed by atoms with Crippen LogP contribution < -0.4 is 5.32 Å². The van der Waals surface area contributed by atoms with Gasteiger partial charge in [-0.25, -0.2) is 0 Å². The second kappa shape index (κ2) is 6.53. The van der Waals surface area contributed by atoms with Crippen molar-refractivity contribution in [2.75, 3.05) is 26.0 Å². The van der Waals surface area contributed by atoms with Crippen molar-refractivity contribution in [3.05, 3.63) is 0 Å². The summed E-state index contributed by atoms with van der Waals surface area (Å²) in [4.78, 5) is 0. The van der Waals surface area contributed by atoms with E-state index in [2.05, 4.69) is 5.32 Å². The first-order chi connectivity index (χ1) is 6.33. The molecule has 0 heterocycles. The van der Waals surface area contributed by atoms with Crippen LogP contribution >= 0.6 is 0 Å². The molecule has 0 aromatic rings. The molecule has 2 atom stereocenters. The largest absolute Gasteiger partial charge is 0.375 e. The second-order valence-electron chi connectivity index (χ2n) is 4.47. The molecule has 1 N–H and O–H groups in total. The minimum absolute atomic E-state index is 0.0686. The molecule has 0 aromatic heterocycles. The fourth-order valence-electron chi connectivity index (χ4n) is 0.852. The summed E-state index contributed by atoms with van der Waals surface area (Å²) in [6, 6.07) is 0. The first kappa shape index (κ1) is 14.1. The van der Waals surface area contributed by atoms with Crippen LogP contribution in [0.3, 0.4) is 0 Å². The van der Waals surface area contributed by atoms with Gasteiger partial charge in [0.05, 0.1) is 12.2 Å². The summed E-state index contributed by atoms with van der Waals surface area (Å²) >= 11 is 0. The predicted molar refractivity (Wildman–Crippen MR) is 62.1 cm³/mol. The molecule has 0 spiro atoms. The molecule has 0 aliphatic carbocycles. The third-order valence-electron chi connectivity index (χ3n) is 1.81. The van der Waals surface area contributed by atoms with E-state index in [-0.39, 0.29) is 10.9 Å². The van der Waals surface area contributed by atoms with E-state index in [1.165, 1.54) is 0 Å². The highest BCUT2D eigenvalue weighted by molar-refractivity contribution is 7.84. The fourth-order valence-corrected chi connectivity index (χ4v) is 1.20. The molecule has 0 amide bonds. The van der Waals surface area contributed by atoms with Crippen LogP contribution in [0.1, 0.15) is 27.7 Å². The molecule has 14 heavy (non-hydrogen) atoms. The first-order valence-electron chi connectivity index (χ1n) is 5.00. The van der Waals surface area contributed by atoms with E-state index in [1.54, 1.807) is 6.26 Å². The normalized spacial score (nSPS) is 16.6. The van der Waals surface area contributed by atoms with Crippen LogP contribution in [0, 0.1) is 0 Å². The van der Waals surface area contributed by atoms with Gasteiger partial charge < -0.3 is 10.1 Å². The van der Waals surface area contributed by atoms with E-state index < -0.39 is 10.8 Å². The fraction of sp³-hybridized carbons (Fsp3) is 1.00. The summed E-state index contributed by atoms with van der Waals surface area (Å²) in [5.41, 5.74) is -0.0686. The molecule has 0 rings (SSSR count). The number of ether oxygens (including phenoxy) is 1. The van der Waals surface area contributed by atoms with Crippen molar-refractivity contribution < 1.29 is 8.95 Å². The Morgan fingerprint density at radius 3 is 2.43 bits per heavy atom. The minimum atomic E-state index is -0.736. The molecule has 0 aliphatic heterocycles. The number of rotatable bonds is 6. The molecule has 0 radical (unpaired) electrons. The van der Waals surface area contributed by atoms with Gasteiger partial charge in [0.2, 0.25) is 0 Å². The zero-order valence-electron chi connectivity index (χ0n) is 9.92. The summed E-state index contributed by atoms with van der Waals surface area (Å²) in [6.45, 7) is 10.4. The minimum Gasteiger partial charge on any atom is -0.375 e. The lowest BCUT2D eigenvalue weighted by molar-refractivity contribution is -0.000703. The van der Waals surface area contributed by atoms with Gasteiger partial charge in [0.1, 0.15) is 0 Å². The molecule has 0 aromatic carbocycles. The SMILES string of the molecule is CC(CNCCOC(C)(C)C)S(C)=O. The third-order valence-corrected chi connectivity index (χ3v) is 3.11. The van der Waals surface area contributed by atoms with Crippen LogP contribution in [0.4, 0.5) is 0 Å². The molecule has 0 saturated carbocycles. The maximum atomic E-state index is 11.0. The van der Waals surface area contributed by atoms with Crippen LogP contribution in [0.25, 0.3) is 0 Å². The van der Waals surface area contributed by atoms with Gasteiger partial charge in [-0.05, 0) is 27.7 Å². The predicted octanol–water partition coefficient (Wildman–Crippen LogP) is 1.16. The average molecular weight is 221 g/mol. The Labute approximate surface area is 90.1 Å². The van der Waals surface area contributed by atoms with E-state index in [4.69, 9.17) is 4.74 Å². The molecular formula is C10H23NO2S. The van der Waals surface area contributed by atoms with Gasteiger partial charge in [-0.15, -0.1) is 0 Å². The van der Waals surface area contributed by atoms with Gasteiger partial charge in [-0.2, -0.15) is 0 Å². The second-order valence-corrected chi connectivity index (χ2v) is 6.28. The highest BCUT2D eigenvalue weighted by atomic mass is 32.2. The Kier molecular flexibility index (Phi) is 6.57. The molecule has 86 valence electrons. The molecule has 0 fully saturated rings. The molecule has 2 unspecified atom stereocenters. The van der Waals surface area contributed by atoms with Crippen molar-refractivity contribution in [2.24, 2.45) is 0 Å². The monoisotopic (exact) mass is 221 g/mol. The van der Waals surface area contributed by atoms with Crippen molar-refractivity contribution >= 4 is 10.8 Å². The summed E-state index contributed by atoms with van der Waals surface area (Å²) < 4.78 is 16.5. The molecule has 4 heteroatoms. The van der Waals surface area contributed by atoms with Crippen molar-refractivity contribution in [2.45, 2.75) is 38.5 Å². The van der Waals surface area contributed by atoms with Crippen LogP contribution in [-0.2, 0) is 15.5 Å². The van der Waals surface area contributed by atoms with Crippen LogP contribution in [0.15, 0.2) is 0 Å². The molecule has 3 nitrogen and oxygen atoms in total. The van der Waals surface area contributed by atoms with Crippen molar-refractivity contribution in [1.82, 2.24) is 5.32 Å². The van der Waals surface area contributed by atoms with E-state index in [0.717, 1.165) is 13.1 Å². The van der Waals surface area contributed by atoms with Crippen LogP contribution in [0.2, 0.25) is 0 Å². The van der Waals surface area contributed by atoms with E-state index >= 15 is 0 Å². The number of hydrogen-bond donors (Lipinski definition) is 1. The highest BCUT2D eigenvalue weighted by Crippen LogP contribution is 2.04. The molecule has 0 bridgehead atoms. The Morgan fingerprint density at radius 2 is 2.00 bits per heavy atom. The Morgan fingerprint density at radius 1 is 1.43 bits per heavy atom. The van der Waals surface area contributed by atoms with Gasteiger partial charge in [-0.3, -0.25) is 4.21 Å². The standard InChI is InChI=1S/C10H23NO2S/c1-9(14(5)12)8-11-6-7-13-10(2,3)4/h9,11H,6-8H2,1-5H3. The Bertz CT molecular complexity index is 177. The molecular weight excluding hydrogens is 198 g/mol. The summed E-state index contributed by atoms with van der Waals surface area (Å²) in [5.74, 6) is 0. The van der Waals surface area contributed by atoms with E-state index in [1.807, 2.05) is 27.7 Å². The number of nitrogens with one attached hydrogen (secondary N) is 1. The van der Waals surface area contributed by atoms with E-state index in [9.17, 15) is 4.21 Å². The van der Waals surface area contributed by atoms with Crippen LogP contribution in [0.5, 0.6) is 0 Å². The zero-order chi connectivity index (χ0) is 11.2. The smallest absolute Gasteiger partial charge is 0.0599 e. The lowest BCUT2D eigenvalue weighted by Crippen LogP contribution is -2.32. The summed E-state index contributed by atoms with van der Waals surface area (Å²) in [5, 5.41) is 3.43. The van der Waals surface area contributed by atoms with Gasteiger partial charge in [0.25, 0.3) is 0 Å². The third kappa shape index (κ3) is 8.66. The maximum Gasteiger partial charge on any atom is 0.0599 e. The van der Waals surface area contributed by atoms with Crippen molar-refractivity contribution in [3.63, 3.8) is 0 Å². The van der Waals surface area contributed by atoms with Crippen molar-refractivity contribution in [3.8, 4) is 0 Å². The van der Waals surface area contributed by atoms with Gasteiger partial charge in [-0.1, -0.05) is 0 Å². The van der Waals surface area contributed by atoms with Gasteiger partial charge in [0.15, 0.2) is 0 Å². The maximum absolute atomic E-state index is 11.0. The van der Waals surface area contributed by atoms with Gasteiger partial charge in [0, 0.05) is 35.4 Å². The molecule has 0 aliphatic rings. The highest BCUT2D eigenvalue weighted by Gasteiger charge is 2.09. The lowest BCUT2D eigenvalue weighted by Gasteiger charge is -2.19. The average Bonchev–Trinajstić information content (AvgIpc) is 2.01. The quantitative estimate of drug-likeness (QED) is 0.684. The Hall–Kier alpha value is 0.0700. The van der Waals surface area contributed by atoms with E-state index in [0.29, 0.717) is 6.61 Å². The number of hydrogen-bond acceptors (Lipinski definition) is 3. The summed E-state index contributed by atoms with van der Waals surface area (Å²) in [7, 11) is -0.736. The van der Waals surface area contributed by atoms with Crippen LogP contribution in [-0.4, -0.2) is 41.0 Å². The lowest BCUT2D eigenvalue weighted by atomic mass is 10.2. The molecule has 0 saturated heterocycles.